The summed E-state index contributed by atoms with van der Waals surface area (Å²) in [4.78, 5) is 11.4. The van der Waals surface area contributed by atoms with Gasteiger partial charge in [0.15, 0.2) is 6.29 Å². The van der Waals surface area contributed by atoms with Crippen LogP contribution in [-0.2, 0) is 4.79 Å². The normalized spacial score (nSPS) is 12.0. The molecule has 102 valence electrons. The summed E-state index contributed by atoms with van der Waals surface area (Å²) in [5.74, 6) is 0. The first kappa shape index (κ1) is 15.6. The number of carbonyl (C=O) groups excluding carboxylic acids is 1. The maximum atomic E-state index is 11.4. The molecule has 0 atom stereocenters. The second kappa shape index (κ2) is 6.77. The highest BCUT2D eigenvalue weighted by Crippen LogP contribution is 2.34. The van der Waals surface area contributed by atoms with Crippen molar-refractivity contribution >= 4 is 67.6 Å². The van der Waals surface area contributed by atoms with E-state index in [1.165, 1.54) is 0 Å². The van der Waals surface area contributed by atoms with E-state index in [1.54, 1.807) is 30.3 Å². The van der Waals surface area contributed by atoms with Crippen LogP contribution in [-0.4, -0.2) is 6.29 Å². The fraction of sp³-hybridized carbons (Fsp3) is 0. The predicted octanol–water partition coefficient (Wildman–Crippen LogP) is 6.06. The molecule has 0 aliphatic rings. The molecule has 0 saturated carbocycles. The molecule has 0 radical (unpaired) electrons. The van der Waals surface area contributed by atoms with Crippen LogP contribution in [0.4, 0.5) is 0 Å². The van der Waals surface area contributed by atoms with Crippen LogP contribution < -0.4 is 0 Å². The Labute approximate surface area is 140 Å². The third-order valence-electron chi connectivity index (χ3n) is 2.68. The minimum absolute atomic E-state index is 0.295. The molecule has 0 amide bonds. The largest absolute Gasteiger partial charge is 0.298 e. The number of carbonyl (C=O) groups is 1. The van der Waals surface area contributed by atoms with Gasteiger partial charge in [-0.1, -0.05) is 68.9 Å². The summed E-state index contributed by atoms with van der Waals surface area (Å²) >= 11 is 21.6. The SMILES string of the molecule is O=C/C(=C(\Cl)c1ccc(Cl)cc1Cl)c1ccc(Br)cc1. The number of benzene rings is 2. The third-order valence-corrected chi connectivity index (χ3v) is 4.16. The average molecular weight is 390 g/mol. The molecular weight excluding hydrogens is 382 g/mol. The van der Waals surface area contributed by atoms with E-state index in [2.05, 4.69) is 15.9 Å². The van der Waals surface area contributed by atoms with Gasteiger partial charge in [-0.3, -0.25) is 4.79 Å². The average Bonchev–Trinajstić information content (AvgIpc) is 2.41. The van der Waals surface area contributed by atoms with Gasteiger partial charge in [0.25, 0.3) is 0 Å². The van der Waals surface area contributed by atoms with Gasteiger partial charge in [0.2, 0.25) is 0 Å². The van der Waals surface area contributed by atoms with E-state index in [0.717, 1.165) is 16.3 Å². The summed E-state index contributed by atoms with van der Waals surface area (Å²) in [6, 6.07) is 12.2. The number of rotatable bonds is 3. The lowest BCUT2D eigenvalue weighted by Crippen LogP contribution is -1.90. The molecule has 0 aliphatic carbocycles. The Morgan fingerprint density at radius 1 is 1.05 bits per heavy atom. The van der Waals surface area contributed by atoms with Crippen LogP contribution in [0.3, 0.4) is 0 Å². The standard InChI is InChI=1S/C15H8BrCl3O/c16-10-3-1-9(2-4-10)13(8-20)15(19)12-6-5-11(17)7-14(12)18/h1-8H/b15-13+. The van der Waals surface area contributed by atoms with E-state index in [9.17, 15) is 4.79 Å². The third kappa shape index (κ3) is 3.44. The maximum absolute atomic E-state index is 11.4. The molecule has 1 nitrogen and oxygen atoms in total. The Kier molecular flexibility index (Phi) is 5.28. The Hall–Kier alpha value is -0.800. The lowest BCUT2D eigenvalue weighted by Gasteiger charge is -2.08. The van der Waals surface area contributed by atoms with Gasteiger partial charge in [0.1, 0.15) is 0 Å². The van der Waals surface area contributed by atoms with Crippen molar-refractivity contribution in [1.29, 1.82) is 0 Å². The molecule has 0 bridgehead atoms. The molecule has 2 aromatic carbocycles. The van der Waals surface area contributed by atoms with Crippen molar-refractivity contribution in [3.05, 3.63) is 68.1 Å². The number of aldehydes is 1. The van der Waals surface area contributed by atoms with E-state index in [-0.39, 0.29) is 0 Å². The molecule has 0 fully saturated rings. The minimum atomic E-state index is 0.295. The van der Waals surface area contributed by atoms with E-state index >= 15 is 0 Å². The summed E-state index contributed by atoms with van der Waals surface area (Å²) in [5, 5.41) is 1.21. The first-order valence-corrected chi connectivity index (χ1v) is 7.52. The Morgan fingerprint density at radius 2 is 1.70 bits per heavy atom. The molecule has 0 spiro atoms. The molecule has 0 unspecified atom stereocenters. The van der Waals surface area contributed by atoms with Crippen LogP contribution in [0.25, 0.3) is 10.6 Å². The van der Waals surface area contributed by atoms with Crippen LogP contribution in [0.15, 0.2) is 46.9 Å². The van der Waals surface area contributed by atoms with E-state index in [1.807, 2.05) is 12.1 Å². The summed E-state index contributed by atoms with van der Waals surface area (Å²) in [7, 11) is 0. The Balaban J connectivity index is 2.57. The molecular formula is C15H8BrCl3O. The predicted molar refractivity (Wildman–Crippen MR) is 89.3 cm³/mol. The smallest absolute Gasteiger partial charge is 0.152 e. The van der Waals surface area contributed by atoms with Gasteiger partial charge >= 0.3 is 0 Å². The van der Waals surface area contributed by atoms with Crippen LogP contribution in [0.2, 0.25) is 10.0 Å². The lowest BCUT2D eigenvalue weighted by atomic mass is 10.0. The molecule has 5 heteroatoms. The van der Waals surface area contributed by atoms with Gasteiger partial charge in [-0.15, -0.1) is 0 Å². The summed E-state index contributed by atoms with van der Waals surface area (Å²) in [5.41, 5.74) is 1.67. The van der Waals surface area contributed by atoms with Crippen LogP contribution in [0.5, 0.6) is 0 Å². The van der Waals surface area contributed by atoms with Crippen molar-refractivity contribution in [3.63, 3.8) is 0 Å². The lowest BCUT2D eigenvalue weighted by molar-refractivity contribution is -0.103. The second-order valence-electron chi connectivity index (χ2n) is 3.98. The zero-order chi connectivity index (χ0) is 14.7. The zero-order valence-corrected chi connectivity index (χ0v) is 13.9. The van der Waals surface area contributed by atoms with E-state index < -0.39 is 0 Å². The summed E-state index contributed by atoms with van der Waals surface area (Å²) in [6.45, 7) is 0. The Bertz CT molecular complexity index is 678. The molecule has 2 rings (SSSR count). The van der Waals surface area contributed by atoms with Gasteiger partial charge in [-0.05, 0) is 29.8 Å². The quantitative estimate of drug-likeness (QED) is 0.354. The van der Waals surface area contributed by atoms with E-state index in [4.69, 9.17) is 34.8 Å². The minimum Gasteiger partial charge on any atom is -0.298 e. The highest BCUT2D eigenvalue weighted by atomic mass is 79.9. The van der Waals surface area contributed by atoms with Crippen molar-refractivity contribution < 1.29 is 4.79 Å². The number of hydrogen-bond acceptors (Lipinski definition) is 1. The molecule has 0 saturated heterocycles. The molecule has 0 heterocycles. The van der Waals surface area contributed by atoms with Gasteiger partial charge < -0.3 is 0 Å². The maximum Gasteiger partial charge on any atom is 0.152 e. The number of allylic oxidation sites excluding steroid dienone is 1. The second-order valence-corrected chi connectivity index (χ2v) is 6.11. The molecule has 20 heavy (non-hydrogen) atoms. The van der Waals surface area contributed by atoms with Crippen LogP contribution in [0, 0.1) is 0 Å². The van der Waals surface area contributed by atoms with Crippen molar-refractivity contribution in [2.45, 2.75) is 0 Å². The van der Waals surface area contributed by atoms with Gasteiger partial charge in [-0.2, -0.15) is 0 Å². The van der Waals surface area contributed by atoms with Crippen LogP contribution in [0.1, 0.15) is 11.1 Å². The number of halogens is 4. The van der Waals surface area contributed by atoms with Gasteiger partial charge in [0.05, 0.1) is 10.1 Å². The van der Waals surface area contributed by atoms with Gasteiger partial charge in [0, 0.05) is 20.6 Å². The summed E-state index contributed by atoms with van der Waals surface area (Å²) in [6.07, 6.45) is 0.719. The van der Waals surface area contributed by atoms with Crippen LogP contribution >= 0.6 is 50.7 Å². The fourth-order valence-corrected chi connectivity index (χ4v) is 2.82. The fourth-order valence-electron chi connectivity index (χ4n) is 1.69. The monoisotopic (exact) mass is 388 g/mol. The Morgan fingerprint density at radius 3 is 2.25 bits per heavy atom. The zero-order valence-electron chi connectivity index (χ0n) is 10.0. The number of hydrogen-bond donors (Lipinski definition) is 0. The van der Waals surface area contributed by atoms with Crippen molar-refractivity contribution in [2.75, 3.05) is 0 Å². The molecule has 0 aromatic heterocycles. The van der Waals surface area contributed by atoms with Crippen molar-refractivity contribution in [3.8, 4) is 0 Å². The van der Waals surface area contributed by atoms with Crippen molar-refractivity contribution in [1.82, 2.24) is 0 Å². The van der Waals surface area contributed by atoms with Crippen molar-refractivity contribution in [2.24, 2.45) is 0 Å². The summed E-state index contributed by atoms with van der Waals surface area (Å²) < 4.78 is 0.923. The molecule has 2 aromatic rings. The van der Waals surface area contributed by atoms with E-state index in [0.29, 0.717) is 26.2 Å². The van der Waals surface area contributed by atoms with Gasteiger partial charge in [-0.25, -0.2) is 0 Å². The highest BCUT2D eigenvalue weighted by molar-refractivity contribution is 9.10. The topological polar surface area (TPSA) is 17.1 Å². The highest BCUT2D eigenvalue weighted by Gasteiger charge is 2.12. The first-order valence-electron chi connectivity index (χ1n) is 5.59. The first-order chi connectivity index (χ1) is 9.52. The molecule has 0 aliphatic heterocycles. The molecule has 0 N–H and O–H groups in total.